The van der Waals surface area contributed by atoms with Gasteiger partial charge in [-0.3, -0.25) is 0 Å². The third-order valence-electron chi connectivity index (χ3n) is 7.07. The van der Waals surface area contributed by atoms with Crippen molar-refractivity contribution in [2.45, 2.75) is 48.5 Å². The Morgan fingerprint density at radius 3 is 1.54 bits per heavy atom. The van der Waals surface area contributed by atoms with Gasteiger partial charge in [0.2, 0.25) is 0 Å². The minimum absolute atomic E-state index is 0.845. The normalized spacial score (nSPS) is 14.4. The molecule has 0 spiro atoms. The number of para-hydroxylation sites is 1. The second-order valence-corrected chi connectivity index (χ2v) is 20.0. The van der Waals surface area contributed by atoms with E-state index in [4.69, 9.17) is 19.4 Å². The molecule has 0 amide bonds. The second kappa shape index (κ2) is 10.6. The van der Waals surface area contributed by atoms with Gasteiger partial charge in [0.25, 0.3) is 0 Å². The Morgan fingerprint density at radius 1 is 0.730 bits per heavy atom. The molecule has 1 aliphatic heterocycles. The van der Waals surface area contributed by atoms with Crippen LogP contribution in [0.5, 0.6) is 0 Å². The Labute approximate surface area is 233 Å². The third kappa shape index (κ3) is 5.18. The molecule has 0 bridgehead atoms. The van der Waals surface area contributed by atoms with Gasteiger partial charge in [-0.05, 0) is 0 Å². The summed E-state index contributed by atoms with van der Waals surface area (Å²) >= 11 is -3.63. The van der Waals surface area contributed by atoms with Crippen molar-refractivity contribution >= 4 is 44.9 Å². The average molecular weight is 626 g/mol. The molecule has 1 heterocycles. The second-order valence-electron chi connectivity index (χ2n) is 10.4. The van der Waals surface area contributed by atoms with E-state index in [9.17, 15) is 0 Å². The van der Waals surface area contributed by atoms with Gasteiger partial charge in [-0.15, -0.1) is 0 Å². The summed E-state index contributed by atoms with van der Waals surface area (Å²) in [6.45, 7) is 16.9. The Bertz CT molecular complexity index is 1370. The van der Waals surface area contributed by atoms with E-state index in [1.54, 1.807) is 0 Å². The molecule has 1 fully saturated rings. The number of halogens is 2. The van der Waals surface area contributed by atoms with Crippen LogP contribution >= 0.6 is 19.4 Å². The molecule has 0 radical (unpaired) electrons. The number of anilines is 3. The van der Waals surface area contributed by atoms with E-state index in [1.165, 1.54) is 44.8 Å². The molecule has 0 N–H and O–H groups in total. The number of nitrogens with zero attached hydrogens (tertiary/aromatic N) is 3. The van der Waals surface area contributed by atoms with Crippen molar-refractivity contribution in [1.82, 2.24) is 0 Å². The predicted molar refractivity (Wildman–Crippen MR) is 163 cm³/mol. The van der Waals surface area contributed by atoms with E-state index in [-0.39, 0.29) is 0 Å². The molecule has 3 aromatic rings. The molecular formula is C31H39Cl2N3Ru. The van der Waals surface area contributed by atoms with Crippen molar-refractivity contribution in [3.05, 3.63) is 87.5 Å². The summed E-state index contributed by atoms with van der Waals surface area (Å²) in [6, 6.07) is 17.5. The molecule has 0 aromatic heterocycles. The molecule has 0 aliphatic carbocycles. The average Bonchev–Trinajstić information content (AvgIpc) is 3.22. The van der Waals surface area contributed by atoms with Crippen LogP contribution in [0, 0.1) is 41.5 Å². The van der Waals surface area contributed by atoms with Crippen molar-refractivity contribution in [2.24, 2.45) is 0 Å². The molecule has 3 nitrogen and oxygen atoms in total. The van der Waals surface area contributed by atoms with Crippen LogP contribution in [0.3, 0.4) is 0 Å². The van der Waals surface area contributed by atoms with Crippen LogP contribution in [0.2, 0.25) is 0 Å². The van der Waals surface area contributed by atoms with Gasteiger partial charge in [-0.25, -0.2) is 0 Å². The fraction of sp³-hybridized carbons (Fsp3) is 0.355. The SMILES string of the molecule is C[C](c1ccccc1N(C)C)=[Ru]([Cl])([Cl])=[C]1N(c2c(C)cc(C)cc2C)CCN1c1c(C)cc(C)cc1C. The van der Waals surface area contributed by atoms with E-state index >= 15 is 0 Å². The van der Waals surface area contributed by atoms with Gasteiger partial charge in [-0.1, -0.05) is 0 Å². The molecular weight excluding hydrogens is 586 g/mol. The van der Waals surface area contributed by atoms with E-state index in [2.05, 4.69) is 126 Å². The van der Waals surface area contributed by atoms with Gasteiger partial charge >= 0.3 is 235 Å². The maximum atomic E-state index is 7.72. The summed E-state index contributed by atoms with van der Waals surface area (Å²) in [5, 5.41) is 0. The Balaban J connectivity index is 2.12. The first-order valence-corrected chi connectivity index (χ1v) is 18.9. The van der Waals surface area contributed by atoms with E-state index in [0.717, 1.165) is 32.8 Å². The molecule has 200 valence electrons. The summed E-state index contributed by atoms with van der Waals surface area (Å²) in [4.78, 5) is 6.99. The number of benzene rings is 3. The Morgan fingerprint density at radius 2 is 1.14 bits per heavy atom. The first-order chi connectivity index (χ1) is 17.3. The zero-order chi connectivity index (χ0) is 27.2. The molecule has 0 unspecified atom stereocenters. The van der Waals surface area contributed by atoms with Gasteiger partial charge in [0.15, 0.2) is 0 Å². The number of hydrogen-bond acceptors (Lipinski definition) is 3. The van der Waals surface area contributed by atoms with Gasteiger partial charge in [-0.2, -0.15) is 0 Å². The van der Waals surface area contributed by atoms with Crippen LogP contribution in [-0.2, 0) is 11.9 Å². The molecule has 4 rings (SSSR count). The van der Waals surface area contributed by atoms with Gasteiger partial charge < -0.3 is 0 Å². The number of rotatable bonds is 4. The number of hydrogen-bond donors (Lipinski definition) is 0. The van der Waals surface area contributed by atoms with E-state index in [0.29, 0.717) is 0 Å². The fourth-order valence-electron chi connectivity index (χ4n) is 5.75. The Hall–Kier alpha value is -2.00. The van der Waals surface area contributed by atoms with Crippen LogP contribution in [0.4, 0.5) is 17.1 Å². The summed E-state index contributed by atoms with van der Waals surface area (Å²) < 4.78 is 2.15. The van der Waals surface area contributed by atoms with Gasteiger partial charge in [0.05, 0.1) is 0 Å². The molecule has 37 heavy (non-hydrogen) atoms. The molecule has 6 heteroatoms. The van der Waals surface area contributed by atoms with Crippen molar-refractivity contribution in [2.75, 3.05) is 41.9 Å². The molecule has 1 aliphatic rings. The van der Waals surface area contributed by atoms with Crippen LogP contribution in [0.1, 0.15) is 45.9 Å². The third-order valence-corrected chi connectivity index (χ3v) is 14.9. The summed E-state index contributed by atoms with van der Waals surface area (Å²) in [6.07, 6.45) is 0. The van der Waals surface area contributed by atoms with Gasteiger partial charge in [0, 0.05) is 0 Å². The van der Waals surface area contributed by atoms with E-state index in [1.807, 2.05) is 0 Å². The summed E-state index contributed by atoms with van der Waals surface area (Å²) in [5.74, 6) is 0. The van der Waals surface area contributed by atoms with Crippen molar-refractivity contribution in [3.63, 3.8) is 0 Å². The first kappa shape index (κ1) is 28.0. The standard InChI is InChI=1S/C21H26N2.C10H13N.2ClH.Ru/c1-14-9-16(3)20(17(4)10-14)22-7-8-23(13-22)21-18(5)11-15(2)12-19(21)6;1-4-9-7-5-6-8-10(9)11(2)3;;;/h9-12H,7-8H2,1-6H3;5-8H,1-3H3;2*1H;/q;;;;+2/p-2. The van der Waals surface area contributed by atoms with Gasteiger partial charge in [0.1, 0.15) is 0 Å². The Kier molecular flexibility index (Phi) is 8.06. The summed E-state index contributed by atoms with van der Waals surface area (Å²) in [5.41, 5.74) is 12.3. The molecule has 0 saturated carbocycles. The predicted octanol–water partition coefficient (Wildman–Crippen LogP) is 7.72. The van der Waals surface area contributed by atoms with Crippen LogP contribution in [0.15, 0.2) is 48.5 Å². The van der Waals surface area contributed by atoms with E-state index < -0.39 is 11.9 Å². The van der Waals surface area contributed by atoms with Crippen molar-refractivity contribution in [3.8, 4) is 0 Å². The maximum absolute atomic E-state index is 7.72. The van der Waals surface area contributed by atoms with Crippen LogP contribution < -0.4 is 14.7 Å². The molecule has 0 atom stereocenters. The molecule has 1 saturated heterocycles. The zero-order valence-electron chi connectivity index (χ0n) is 23.5. The van der Waals surface area contributed by atoms with Crippen molar-refractivity contribution < 1.29 is 11.9 Å². The fourth-order valence-corrected chi connectivity index (χ4v) is 11.8. The number of aryl methyl sites for hydroxylation is 6. The zero-order valence-corrected chi connectivity index (χ0v) is 26.7. The summed E-state index contributed by atoms with van der Waals surface area (Å²) in [7, 11) is 19.6. The quantitative estimate of drug-likeness (QED) is 0.275. The van der Waals surface area contributed by atoms with Crippen LogP contribution in [0.25, 0.3) is 0 Å². The topological polar surface area (TPSA) is 9.72 Å². The van der Waals surface area contributed by atoms with Crippen LogP contribution in [-0.4, -0.2) is 35.6 Å². The molecule has 3 aromatic carbocycles. The monoisotopic (exact) mass is 625 g/mol. The first-order valence-electron chi connectivity index (χ1n) is 12.7. The minimum atomic E-state index is -3.63. The van der Waals surface area contributed by atoms with Crippen molar-refractivity contribution in [1.29, 1.82) is 0 Å².